The topological polar surface area (TPSA) is 76.1 Å². The van der Waals surface area contributed by atoms with Gasteiger partial charge in [0, 0.05) is 6.08 Å². The van der Waals surface area contributed by atoms with Crippen LogP contribution in [-0.4, -0.2) is 12.7 Å². The van der Waals surface area contributed by atoms with Gasteiger partial charge in [-0.05, 0) is 12.5 Å². The van der Waals surface area contributed by atoms with Gasteiger partial charge >= 0.3 is 6.09 Å². The summed E-state index contributed by atoms with van der Waals surface area (Å²) in [5.41, 5.74) is 5.72. The first-order chi connectivity index (χ1) is 10.5. The monoisotopic (exact) mass is 300 g/mol. The lowest BCUT2D eigenvalue weighted by Crippen LogP contribution is -2.11. The number of ether oxygens (including phenoxy) is 1. The van der Waals surface area contributed by atoms with E-state index >= 15 is 0 Å². The number of hydrogen-bond donors (Lipinski definition) is 1. The molecule has 0 atom stereocenters. The van der Waals surface area contributed by atoms with Crippen molar-refractivity contribution < 1.29 is 9.53 Å². The summed E-state index contributed by atoms with van der Waals surface area (Å²) >= 11 is 0. The van der Waals surface area contributed by atoms with Gasteiger partial charge in [0.25, 0.3) is 0 Å². The minimum Gasteiger partial charge on any atom is -0.450 e. The van der Waals surface area contributed by atoms with Crippen molar-refractivity contribution in [3.8, 4) is 6.07 Å². The van der Waals surface area contributed by atoms with Gasteiger partial charge in [0.05, 0.1) is 12.7 Å². The lowest BCUT2D eigenvalue weighted by Gasteiger charge is -1.89. The van der Waals surface area contributed by atoms with E-state index in [0.29, 0.717) is 6.61 Å². The average Bonchev–Trinajstić information content (AvgIpc) is 2.56. The Morgan fingerprint density at radius 3 is 1.82 bits per heavy atom. The van der Waals surface area contributed by atoms with Gasteiger partial charge in [-0.25, -0.2) is 4.79 Å². The number of primary amides is 1. The predicted molar refractivity (Wildman–Crippen MR) is 93.9 cm³/mol. The molecule has 0 spiro atoms. The molecule has 0 aromatic heterocycles. The molecule has 4 nitrogen and oxygen atoms in total. The van der Waals surface area contributed by atoms with Crippen molar-refractivity contribution in [2.24, 2.45) is 5.73 Å². The van der Waals surface area contributed by atoms with Crippen LogP contribution in [0, 0.1) is 11.3 Å². The maximum absolute atomic E-state index is 9.60. The van der Waals surface area contributed by atoms with Crippen LogP contribution in [0.1, 0.15) is 12.5 Å². The fourth-order valence-corrected chi connectivity index (χ4v) is 0.731. The highest BCUT2D eigenvalue weighted by Gasteiger charge is 1.82. The number of nitriles is 1. The van der Waals surface area contributed by atoms with Crippen LogP contribution in [0.2, 0.25) is 0 Å². The molecule has 2 N–H and O–H groups in total. The lowest BCUT2D eigenvalue weighted by molar-refractivity contribution is 0.163. The smallest absolute Gasteiger partial charge is 0.404 e. The fraction of sp³-hybridized carbons (Fsp3) is 0.111. The van der Waals surface area contributed by atoms with Crippen LogP contribution in [0.4, 0.5) is 4.79 Å². The van der Waals surface area contributed by atoms with Gasteiger partial charge in [0.1, 0.15) is 0 Å². The number of benzene rings is 1. The van der Waals surface area contributed by atoms with Crippen LogP contribution in [0.5, 0.6) is 0 Å². The first kappa shape index (κ1) is 24.0. The van der Waals surface area contributed by atoms with Crippen LogP contribution in [-0.2, 0) is 4.74 Å². The van der Waals surface area contributed by atoms with Crippen molar-refractivity contribution in [2.45, 2.75) is 6.92 Å². The second-order valence-electron chi connectivity index (χ2n) is 3.17. The molecule has 0 aliphatic heterocycles. The van der Waals surface area contributed by atoms with E-state index in [-0.39, 0.29) is 0 Å². The highest BCUT2D eigenvalue weighted by atomic mass is 16.5. The summed E-state index contributed by atoms with van der Waals surface area (Å²) in [6, 6.07) is 11.7. The quantitative estimate of drug-likeness (QED) is 0.660. The van der Waals surface area contributed by atoms with Gasteiger partial charge < -0.3 is 10.5 Å². The van der Waals surface area contributed by atoms with E-state index in [1.165, 1.54) is 11.6 Å². The Morgan fingerprint density at radius 2 is 1.68 bits per heavy atom. The van der Waals surface area contributed by atoms with Crippen molar-refractivity contribution >= 4 is 12.2 Å². The van der Waals surface area contributed by atoms with E-state index in [0.717, 1.165) is 0 Å². The predicted octanol–water partition coefficient (Wildman–Crippen LogP) is 4.49. The van der Waals surface area contributed by atoms with E-state index in [2.05, 4.69) is 36.8 Å². The molecule has 4 heteroatoms. The second-order valence-corrected chi connectivity index (χ2v) is 3.17. The molecule has 22 heavy (non-hydrogen) atoms. The van der Waals surface area contributed by atoms with Gasteiger partial charge in [-0.15, -0.1) is 0 Å². The standard InChI is InChI=1S/C8H8.C4H6.C3H7NO2.C3H3N/c1-2-8-6-4-3-5-7-8;1-3-4-2;1-2-6-3(4)5;1-2-3-4/h2-7H,1H2;3-4H,1-2H2;2H2,1H3,(H2,4,5);2H,1H2. The van der Waals surface area contributed by atoms with Crippen LogP contribution in [0.15, 0.2) is 74.9 Å². The van der Waals surface area contributed by atoms with Crippen molar-refractivity contribution in [2.75, 3.05) is 6.61 Å². The van der Waals surface area contributed by atoms with Crippen molar-refractivity contribution in [1.29, 1.82) is 5.26 Å². The van der Waals surface area contributed by atoms with Crippen molar-refractivity contribution in [3.63, 3.8) is 0 Å². The van der Waals surface area contributed by atoms with E-state index in [9.17, 15) is 4.79 Å². The SMILES string of the molecule is C=CC#N.C=CC=C.C=Cc1ccccc1.CCOC(N)=O. The van der Waals surface area contributed by atoms with E-state index < -0.39 is 6.09 Å². The normalized spacial score (nSPS) is 6.73. The molecule has 0 saturated heterocycles. The summed E-state index contributed by atoms with van der Waals surface area (Å²) in [6.45, 7) is 15.5. The molecule has 0 heterocycles. The summed E-state index contributed by atoms with van der Waals surface area (Å²) in [5.74, 6) is 0. The zero-order valence-electron chi connectivity index (χ0n) is 13.1. The minimum absolute atomic E-state index is 0.356. The molecule has 0 aliphatic carbocycles. The first-order valence-corrected chi connectivity index (χ1v) is 6.37. The number of carbonyl (C=O) groups excluding carboxylic acids is 1. The maximum Gasteiger partial charge on any atom is 0.404 e. The Kier molecular flexibility index (Phi) is 25.2. The molecule has 1 amide bonds. The number of nitrogens with two attached hydrogens (primary N) is 1. The maximum atomic E-state index is 9.60. The minimum atomic E-state index is -0.711. The fourth-order valence-electron chi connectivity index (χ4n) is 0.731. The third kappa shape index (κ3) is 30.2. The molecule has 118 valence electrons. The average molecular weight is 300 g/mol. The summed E-state index contributed by atoms with van der Waals surface area (Å²) in [7, 11) is 0. The van der Waals surface area contributed by atoms with Crippen molar-refractivity contribution in [3.05, 3.63) is 80.4 Å². The van der Waals surface area contributed by atoms with Gasteiger partial charge in [-0.3, -0.25) is 0 Å². The molecule has 0 saturated carbocycles. The Morgan fingerprint density at radius 1 is 1.23 bits per heavy atom. The van der Waals surface area contributed by atoms with Crippen LogP contribution >= 0.6 is 0 Å². The third-order valence-corrected chi connectivity index (χ3v) is 1.58. The van der Waals surface area contributed by atoms with Gasteiger partial charge in [-0.2, -0.15) is 5.26 Å². The van der Waals surface area contributed by atoms with Crippen molar-refractivity contribution in [1.82, 2.24) is 0 Å². The zero-order valence-corrected chi connectivity index (χ0v) is 13.1. The van der Waals surface area contributed by atoms with Gasteiger partial charge in [0.2, 0.25) is 0 Å². The molecule has 0 bridgehead atoms. The second kappa shape index (κ2) is 23.1. The van der Waals surface area contributed by atoms with Crippen LogP contribution in [0.3, 0.4) is 0 Å². The summed E-state index contributed by atoms with van der Waals surface area (Å²) < 4.78 is 4.18. The van der Waals surface area contributed by atoms with E-state index in [1.54, 1.807) is 25.1 Å². The number of carbonyl (C=O) groups is 1. The molecule has 1 aromatic carbocycles. The van der Waals surface area contributed by atoms with Crippen LogP contribution in [0.25, 0.3) is 6.08 Å². The summed E-state index contributed by atoms with van der Waals surface area (Å²) in [6.07, 6.45) is 5.58. The Labute approximate surface area is 133 Å². The summed E-state index contributed by atoms with van der Waals surface area (Å²) in [5, 5.41) is 7.51. The summed E-state index contributed by atoms with van der Waals surface area (Å²) in [4.78, 5) is 9.60. The molecular weight excluding hydrogens is 276 g/mol. The first-order valence-electron chi connectivity index (χ1n) is 6.37. The largest absolute Gasteiger partial charge is 0.450 e. The highest BCUT2D eigenvalue weighted by Crippen LogP contribution is 1.97. The number of nitrogens with zero attached hydrogens (tertiary/aromatic N) is 1. The Hall–Kier alpha value is -3.06. The molecule has 1 rings (SSSR count). The van der Waals surface area contributed by atoms with Gasteiger partial charge in [0.15, 0.2) is 0 Å². The van der Waals surface area contributed by atoms with Crippen LogP contribution < -0.4 is 5.73 Å². The molecule has 1 aromatic rings. The third-order valence-electron chi connectivity index (χ3n) is 1.58. The molecule has 0 radical (unpaired) electrons. The number of amides is 1. The Balaban J connectivity index is -0.000000231. The number of rotatable bonds is 3. The molecule has 0 fully saturated rings. The molecule has 0 unspecified atom stereocenters. The lowest BCUT2D eigenvalue weighted by atomic mass is 10.2. The number of allylic oxidation sites excluding steroid dienone is 3. The van der Waals surface area contributed by atoms with E-state index in [4.69, 9.17) is 5.26 Å². The molecular formula is C18H24N2O2. The van der Waals surface area contributed by atoms with Gasteiger partial charge in [-0.1, -0.05) is 74.9 Å². The molecule has 0 aliphatic rings. The zero-order chi connectivity index (χ0) is 17.6. The van der Waals surface area contributed by atoms with E-state index in [1.807, 2.05) is 36.4 Å². The Bertz CT molecular complexity index is 454. The highest BCUT2D eigenvalue weighted by molar-refractivity contribution is 5.64. The number of hydrogen-bond acceptors (Lipinski definition) is 3.